The van der Waals surface area contributed by atoms with Crippen LogP contribution >= 0.6 is 24.0 Å². The Kier molecular flexibility index (Phi) is 12.4. The van der Waals surface area contributed by atoms with Crippen LogP contribution in [0.2, 0.25) is 0 Å². The molecule has 0 aromatic carbocycles. The smallest absolute Gasteiger partial charge is 0.407 e. The van der Waals surface area contributed by atoms with Crippen molar-refractivity contribution in [2.24, 2.45) is 16.3 Å². The lowest BCUT2D eigenvalue weighted by molar-refractivity contribution is -0.0835. The standard InChI is InChI=1S/C20H40N4O3.HI/c1-19(2,3)16-15(10-8-13-26-16)14-24-17(21-7)22-11-9-12-23-18(25)27-20(4,5)6;/h15-16H,8-14H2,1-7H3,(H,23,25)(H2,21,22,24);1H. The van der Waals surface area contributed by atoms with Crippen LogP contribution in [0.4, 0.5) is 4.79 Å². The third kappa shape index (κ3) is 11.3. The minimum atomic E-state index is -0.470. The highest BCUT2D eigenvalue weighted by Crippen LogP contribution is 2.33. The van der Waals surface area contributed by atoms with Crippen LogP contribution < -0.4 is 16.0 Å². The summed E-state index contributed by atoms with van der Waals surface area (Å²) in [5.41, 5.74) is -0.334. The van der Waals surface area contributed by atoms with Crippen LogP contribution in [0.15, 0.2) is 4.99 Å². The predicted octanol–water partition coefficient (Wildman–Crippen LogP) is 3.53. The van der Waals surface area contributed by atoms with Gasteiger partial charge in [0.05, 0.1) is 6.10 Å². The lowest BCUT2D eigenvalue weighted by atomic mass is 9.78. The molecule has 3 N–H and O–H groups in total. The number of carbonyl (C=O) groups is 1. The average molecular weight is 512 g/mol. The minimum absolute atomic E-state index is 0. The lowest BCUT2D eigenvalue weighted by Gasteiger charge is -2.40. The highest BCUT2D eigenvalue weighted by molar-refractivity contribution is 14.0. The van der Waals surface area contributed by atoms with E-state index in [1.54, 1.807) is 7.05 Å². The number of aliphatic imine (C=N–C) groups is 1. The molecular formula is C20H41IN4O3. The first-order valence-electron chi connectivity index (χ1n) is 10.1. The van der Waals surface area contributed by atoms with E-state index in [2.05, 4.69) is 41.7 Å². The van der Waals surface area contributed by atoms with Gasteiger partial charge in [-0.15, -0.1) is 24.0 Å². The largest absolute Gasteiger partial charge is 0.444 e. The van der Waals surface area contributed by atoms with E-state index in [4.69, 9.17) is 9.47 Å². The number of hydrogen-bond acceptors (Lipinski definition) is 4. The molecule has 1 fully saturated rings. The molecule has 0 bridgehead atoms. The van der Waals surface area contributed by atoms with E-state index in [1.807, 2.05) is 20.8 Å². The SMILES string of the molecule is CN=C(NCCCNC(=O)OC(C)(C)C)NCC1CCCOC1C(C)(C)C.I. The molecule has 1 aliphatic heterocycles. The van der Waals surface area contributed by atoms with Crippen molar-refractivity contribution in [1.82, 2.24) is 16.0 Å². The van der Waals surface area contributed by atoms with Crippen LogP contribution in [-0.4, -0.2) is 57.0 Å². The van der Waals surface area contributed by atoms with Gasteiger partial charge in [-0.1, -0.05) is 20.8 Å². The van der Waals surface area contributed by atoms with Gasteiger partial charge in [-0.3, -0.25) is 4.99 Å². The first kappa shape index (κ1) is 27.2. The zero-order valence-corrected chi connectivity index (χ0v) is 21.0. The summed E-state index contributed by atoms with van der Waals surface area (Å²) in [5, 5.41) is 9.47. The molecule has 1 rings (SSSR count). The van der Waals surface area contributed by atoms with Crippen molar-refractivity contribution in [3.05, 3.63) is 0 Å². The van der Waals surface area contributed by atoms with Crippen LogP contribution in [0.5, 0.6) is 0 Å². The van der Waals surface area contributed by atoms with Crippen molar-refractivity contribution in [1.29, 1.82) is 0 Å². The molecule has 0 aromatic rings. The molecule has 1 saturated heterocycles. The molecule has 166 valence electrons. The number of ether oxygens (including phenoxy) is 2. The van der Waals surface area contributed by atoms with Crippen molar-refractivity contribution in [2.45, 2.75) is 72.5 Å². The fraction of sp³-hybridized carbons (Fsp3) is 0.900. The lowest BCUT2D eigenvalue weighted by Crippen LogP contribution is -2.47. The third-order valence-electron chi connectivity index (χ3n) is 4.37. The summed E-state index contributed by atoms with van der Waals surface area (Å²) in [6.07, 6.45) is 2.95. The fourth-order valence-electron chi connectivity index (χ4n) is 3.26. The van der Waals surface area contributed by atoms with Crippen molar-refractivity contribution in [3.8, 4) is 0 Å². The van der Waals surface area contributed by atoms with Crippen LogP contribution in [-0.2, 0) is 9.47 Å². The Morgan fingerprint density at radius 1 is 1.11 bits per heavy atom. The average Bonchev–Trinajstić information content (AvgIpc) is 2.55. The van der Waals surface area contributed by atoms with E-state index in [-0.39, 0.29) is 41.6 Å². The number of rotatable bonds is 6. The molecule has 2 atom stereocenters. The van der Waals surface area contributed by atoms with Crippen molar-refractivity contribution in [2.75, 3.05) is 33.3 Å². The second-order valence-corrected chi connectivity index (χ2v) is 9.22. The molecular weight excluding hydrogens is 471 g/mol. The van der Waals surface area contributed by atoms with Gasteiger partial charge < -0.3 is 25.4 Å². The second kappa shape index (κ2) is 12.7. The fourth-order valence-corrected chi connectivity index (χ4v) is 3.26. The third-order valence-corrected chi connectivity index (χ3v) is 4.37. The summed E-state index contributed by atoms with van der Waals surface area (Å²) < 4.78 is 11.2. The Hall–Kier alpha value is -0.770. The topological polar surface area (TPSA) is 84.0 Å². The maximum Gasteiger partial charge on any atom is 0.407 e. The maximum absolute atomic E-state index is 11.6. The number of guanidine groups is 1. The summed E-state index contributed by atoms with van der Waals surface area (Å²) in [6, 6.07) is 0. The minimum Gasteiger partial charge on any atom is -0.444 e. The summed E-state index contributed by atoms with van der Waals surface area (Å²) in [4.78, 5) is 15.9. The van der Waals surface area contributed by atoms with Crippen LogP contribution in [0, 0.1) is 11.3 Å². The first-order chi connectivity index (χ1) is 12.5. The van der Waals surface area contributed by atoms with Crippen molar-refractivity contribution < 1.29 is 14.3 Å². The van der Waals surface area contributed by atoms with Gasteiger partial charge in [0.15, 0.2) is 5.96 Å². The van der Waals surface area contributed by atoms with Gasteiger partial charge in [-0.05, 0) is 45.4 Å². The number of carbonyl (C=O) groups excluding carboxylic acids is 1. The van der Waals surface area contributed by atoms with E-state index < -0.39 is 5.60 Å². The van der Waals surface area contributed by atoms with E-state index in [1.165, 1.54) is 6.42 Å². The van der Waals surface area contributed by atoms with Gasteiger partial charge in [0.1, 0.15) is 5.60 Å². The Bertz CT molecular complexity index is 487. The number of hydrogen-bond donors (Lipinski definition) is 3. The summed E-state index contributed by atoms with van der Waals surface area (Å²) in [7, 11) is 1.77. The van der Waals surface area contributed by atoms with Crippen LogP contribution in [0.25, 0.3) is 0 Å². The molecule has 28 heavy (non-hydrogen) atoms. The molecule has 7 nitrogen and oxygen atoms in total. The van der Waals surface area contributed by atoms with E-state index >= 15 is 0 Å². The molecule has 0 saturated carbocycles. The quantitative estimate of drug-likeness (QED) is 0.220. The number of halogens is 1. The normalized spacial score (nSPS) is 20.8. The first-order valence-corrected chi connectivity index (χ1v) is 10.1. The molecule has 2 unspecified atom stereocenters. The zero-order chi connectivity index (χ0) is 20.5. The Balaban J connectivity index is 0.00000729. The zero-order valence-electron chi connectivity index (χ0n) is 18.7. The van der Waals surface area contributed by atoms with Gasteiger partial charge >= 0.3 is 6.09 Å². The predicted molar refractivity (Wildman–Crippen MR) is 126 cm³/mol. The molecule has 0 spiro atoms. The Labute approximate surface area is 188 Å². The van der Waals surface area contributed by atoms with E-state index in [0.29, 0.717) is 12.5 Å². The van der Waals surface area contributed by atoms with Gasteiger partial charge in [0, 0.05) is 39.2 Å². The Morgan fingerprint density at radius 3 is 2.32 bits per heavy atom. The number of alkyl carbamates (subject to hydrolysis) is 1. The molecule has 1 amide bonds. The number of amides is 1. The highest BCUT2D eigenvalue weighted by Gasteiger charge is 2.35. The van der Waals surface area contributed by atoms with Crippen molar-refractivity contribution >= 4 is 36.0 Å². The number of nitrogens with zero attached hydrogens (tertiary/aromatic N) is 1. The Morgan fingerprint density at radius 2 is 1.75 bits per heavy atom. The summed E-state index contributed by atoms with van der Waals surface area (Å²) in [6.45, 7) is 15.2. The van der Waals surface area contributed by atoms with E-state index in [9.17, 15) is 4.79 Å². The second-order valence-electron chi connectivity index (χ2n) is 9.22. The monoisotopic (exact) mass is 512 g/mol. The van der Waals surface area contributed by atoms with E-state index in [0.717, 1.165) is 38.5 Å². The summed E-state index contributed by atoms with van der Waals surface area (Å²) in [5.74, 6) is 1.26. The molecule has 0 aromatic heterocycles. The van der Waals surface area contributed by atoms with Crippen molar-refractivity contribution in [3.63, 3.8) is 0 Å². The van der Waals surface area contributed by atoms with Crippen LogP contribution in [0.1, 0.15) is 60.8 Å². The summed E-state index contributed by atoms with van der Waals surface area (Å²) >= 11 is 0. The molecule has 8 heteroatoms. The van der Waals surface area contributed by atoms with Gasteiger partial charge in [0.2, 0.25) is 0 Å². The molecule has 1 aliphatic rings. The van der Waals surface area contributed by atoms with Gasteiger partial charge in [-0.25, -0.2) is 4.79 Å². The molecule has 0 radical (unpaired) electrons. The maximum atomic E-state index is 11.6. The number of nitrogens with one attached hydrogen (secondary N) is 3. The van der Waals surface area contributed by atoms with Gasteiger partial charge in [-0.2, -0.15) is 0 Å². The molecule has 1 heterocycles. The van der Waals surface area contributed by atoms with Crippen LogP contribution in [0.3, 0.4) is 0 Å². The highest BCUT2D eigenvalue weighted by atomic mass is 127. The molecule has 0 aliphatic carbocycles. The van der Waals surface area contributed by atoms with Gasteiger partial charge in [0.25, 0.3) is 0 Å².